The third kappa shape index (κ3) is 801. The van der Waals surface area contributed by atoms with Crippen LogP contribution in [0.15, 0.2) is 0 Å². The molecule has 0 bridgehead atoms. The SMILES string of the molecule is [O]S(=O)(=O)O. The molecule has 1 radical (unpaired) electrons. The average molecular weight is 97.1 g/mol. The van der Waals surface area contributed by atoms with Crippen LogP contribution in [0.1, 0.15) is 0 Å². The molecule has 0 aliphatic rings. The van der Waals surface area contributed by atoms with Gasteiger partial charge in [-0.3, -0.25) is 4.55 Å². The Morgan fingerprint density at radius 3 is 1.40 bits per heavy atom. The number of hydrogen-bond donors (Lipinski definition) is 1. The standard InChI is InChI=1S/HO4S/c1-5(2,3)4/h(H,1,2,3). The maximum atomic E-state index is 8.63. The first-order valence-electron chi connectivity index (χ1n) is 0.683. The van der Waals surface area contributed by atoms with Crippen LogP contribution in [0.25, 0.3) is 0 Å². The lowest BCUT2D eigenvalue weighted by Gasteiger charge is -1.63. The Morgan fingerprint density at radius 1 is 1.40 bits per heavy atom. The van der Waals surface area contributed by atoms with Gasteiger partial charge in [-0.05, 0) is 0 Å². The quantitative estimate of drug-likeness (QED) is 0.403. The maximum Gasteiger partial charge on any atom is 0.425 e. The van der Waals surface area contributed by atoms with Gasteiger partial charge in [0.25, 0.3) is 0 Å². The minimum atomic E-state index is -4.92. The predicted molar refractivity (Wildman–Crippen MR) is 12.2 cm³/mol. The number of rotatable bonds is 0. The summed E-state index contributed by atoms with van der Waals surface area (Å²) in [6, 6.07) is 0. The molecule has 0 saturated heterocycles. The van der Waals surface area contributed by atoms with Gasteiger partial charge in [0.15, 0.2) is 0 Å². The van der Waals surface area contributed by atoms with E-state index in [0.717, 1.165) is 0 Å². The van der Waals surface area contributed by atoms with Crippen LogP contribution in [-0.4, -0.2) is 13.0 Å². The van der Waals surface area contributed by atoms with Crippen molar-refractivity contribution >= 4 is 10.4 Å². The van der Waals surface area contributed by atoms with E-state index >= 15 is 0 Å². The van der Waals surface area contributed by atoms with Gasteiger partial charge in [0, 0.05) is 0 Å². The van der Waals surface area contributed by atoms with E-state index < -0.39 is 10.4 Å². The summed E-state index contributed by atoms with van der Waals surface area (Å²) in [5.41, 5.74) is 0. The van der Waals surface area contributed by atoms with Crippen molar-refractivity contribution in [1.29, 1.82) is 0 Å². The monoisotopic (exact) mass is 97.0 g/mol. The zero-order valence-corrected chi connectivity index (χ0v) is 2.90. The molecule has 0 fully saturated rings. The smallest absolute Gasteiger partial charge is 0.262 e. The van der Waals surface area contributed by atoms with Crippen LogP contribution in [0.4, 0.5) is 0 Å². The highest BCUT2D eigenvalue weighted by molar-refractivity contribution is 7.79. The van der Waals surface area contributed by atoms with E-state index in [1.807, 2.05) is 0 Å². The van der Waals surface area contributed by atoms with Crippen LogP contribution < -0.4 is 0 Å². The first-order chi connectivity index (χ1) is 2.00. The van der Waals surface area contributed by atoms with Crippen LogP contribution in [0.2, 0.25) is 0 Å². The molecule has 5 heavy (non-hydrogen) atoms. The van der Waals surface area contributed by atoms with Crippen LogP contribution in [0, 0.1) is 0 Å². The zero-order valence-electron chi connectivity index (χ0n) is 2.08. The summed E-state index contributed by atoms with van der Waals surface area (Å²) in [4.78, 5) is 0. The lowest BCUT2D eigenvalue weighted by atomic mass is 15.8. The molecular weight excluding hydrogens is 96.1 g/mol. The van der Waals surface area contributed by atoms with Crippen molar-refractivity contribution in [1.82, 2.24) is 0 Å². The van der Waals surface area contributed by atoms with Gasteiger partial charge >= 0.3 is 10.4 Å². The lowest BCUT2D eigenvalue weighted by Crippen LogP contribution is -1.86. The van der Waals surface area contributed by atoms with Crippen molar-refractivity contribution in [3.63, 3.8) is 0 Å². The highest BCUT2D eigenvalue weighted by atomic mass is 32.3. The Labute approximate surface area is 29.0 Å². The van der Waals surface area contributed by atoms with Crippen molar-refractivity contribution in [2.24, 2.45) is 0 Å². The van der Waals surface area contributed by atoms with Gasteiger partial charge < -0.3 is 0 Å². The van der Waals surface area contributed by atoms with Crippen molar-refractivity contribution in [2.75, 3.05) is 0 Å². The Balaban J connectivity index is 4.06. The molecule has 0 unspecified atom stereocenters. The molecule has 0 aliphatic heterocycles. The number of hydrogen-bond acceptors (Lipinski definition) is 2. The second kappa shape index (κ2) is 0.925. The summed E-state index contributed by atoms with van der Waals surface area (Å²) >= 11 is 0. The molecule has 0 rings (SSSR count). The van der Waals surface area contributed by atoms with E-state index in [1.54, 1.807) is 0 Å². The molecule has 0 aliphatic carbocycles. The Bertz CT molecular complexity index is 86.8. The summed E-state index contributed by atoms with van der Waals surface area (Å²) in [6.45, 7) is 0. The van der Waals surface area contributed by atoms with E-state index in [9.17, 15) is 0 Å². The molecule has 5 heteroatoms. The minimum Gasteiger partial charge on any atom is -0.262 e. The fourth-order valence-corrected chi connectivity index (χ4v) is 0. The first kappa shape index (κ1) is 4.87. The molecule has 0 aromatic heterocycles. The van der Waals surface area contributed by atoms with E-state index in [0.29, 0.717) is 0 Å². The molecule has 0 spiro atoms. The molecule has 0 atom stereocenters. The van der Waals surface area contributed by atoms with E-state index in [2.05, 4.69) is 0 Å². The molecule has 1 N–H and O–H groups in total. The highest BCUT2D eigenvalue weighted by Crippen LogP contribution is 1.62. The van der Waals surface area contributed by atoms with E-state index in [1.165, 1.54) is 0 Å². The maximum absolute atomic E-state index is 8.63. The Hall–Kier alpha value is -0.130. The Kier molecular flexibility index (Phi) is 0.901. The predicted octanol–water partition coefficient (Wildman–Crippen LogP) is -0.780. The Morgan fingerprint density at radius 2 is 1.40 bits per heavy atom. The largest absolute Gasteiger partial charge is 0.425 e. The second-order valence-corrected chi connectivity index (χ2v) is 1.28. The molecule has 4 nitrogen and oxygen atoms in total. The van der Waals surface area contributed by atoms with Crippen molar-refractivity contribution < 1.29 is 17.5 Å². The topological polar surface area (TPSA) is 74.3 Å². The van der Waals surface area contributed by atoms with Crippen LogP contribution in [-0.2, 0) is 15.0 Å². The molecular formula is HO4S. The second-order valence-electron chi connectivity index (χ2n) is 0.428. The fraction of sp³-hybridized carbons (Fsp3) is 0. The third-order valence-electron chi connectivity index (χ3n) is 0. The van der Waals surface area contributed by atoms with Gasteiger partial charge in [0.05, 0.1) is 0 Å². The summed E-state index contributed by atoms with van der Waals surface area (Å²) in [5.74, 6) is 0. The van der Waals surface area contributed by atoms with Gasteiger partial charge in [-0.1, -0.05) is 4.55 Å². The minimum absolute atomic E-state index is 4.92. The molecule has 0 aromatic rings. The van der Waals surface area contributed by atoms with Crippen molar-refractivity contribution in [2.45, 2.75) is 0 Å². The van der Waals surface area contributed by atoms with Gasteiger partial charge in [-0.2, -0.15) is 8.42 Å². The first-order valence-corrected chi connectivity index (χ1v) is 2.05. The molecule has 31 valence electrons. The lowest BCUT2D eigenvalue weighted by molar-refractivity contribution is 0.331. The van der Waals surface area contributed by atoms with Gasteiger partial charge in [-0.15, -0.1) is 0 Å². The molecule has 0 aromatic carbocycles. The van der Waals surface area contributed by atoms with E-state index in [4.69, 9.17) is 17.5 Å². The molecule has 0 amide bonds. The van der Waals surface area contributed by atoms with Crippen LogP contribution >= 0.6 is 0 Å². The highest BCUT2D eigenvalue weighted by Gasteiger charge is 1.89. The molecule has 0 heterocycles. The van der Waals surface area contributed by atoms with Crippen molar-refractivity contribution in [3.8, 4) is 0 Å². The fourth-order valence-electron chi connectivity index (χ4n) is 0. The third-order valence-corrected chi connectivity index (χ3v) is 0. The summed E-state index contributed by atoms with van der Waals surface area (Å²) in [6.07, 6.45) is 0. The van der Waals surface area contributed by atoms with E-state index in [-0.39, 0.29) is 0 Å². The van der Waals surface area contributed by atoms with Crippen LogP contribution in [0.3, 0.4) is 0 Å². The van der Waals surface area contributed by atoms with Gasteiger partial charge in [0.1, 0.15) is 0 Å². The van der Waals surface area contributed by atoms with Gasteiger partial charge in [-0.25, -0.2) is 0 Å². The molecule has 0 saturated carbocycles. The van der Waals surface area contributed by atoms with Gasteiger partial charge in [0.2, 0.25) is 0 Å². The average Bonchev–Trinajstić information content (AvgIpc) is 0.722. The summed E-state index contributed by atoms with van der Waals surface area (Å²) in [7, 11) is -4.92. The summed E-state index contributed by atoms with van der Waals surface area (Å²) in [5, 5.41) is 0. The zero-order chi connectivity index (χ0) is 4.50. The summed E-state index contributed by atoms with van der Waals surface area (Å²) < 4.78 is 32.8. The normalized spacial score (nSPS) is 11.6. The van der Waals surface area contributed by atoms with Crippen molar-refractivity contribution in [3.05, 3.63) is 0 Å². The van der Waals surface area contributed by atoms with Crippen LogP contribution in [0.5, 0.6) is 0 Å².